The smallest absolute Gasteiger partial charge is 0.254 e. The highest BCUT2D eigenvalue weighted by Gasteiger charge is 2.39. The van der Waals surface area contributed by atoms with Gasteiger partial charge in [-0.1, -0.05) is 0 Å². The second-order valence-electron chi connectivity index (χ2n) is 8.31. The van der Waals surface area contributed by atoms with Crippen LogP contribution in [0.1, 0.15) is 54.4 Å². The summed E-state index contributed by atoms with van der Waals surface area (Å²) in [5, 5.41) is 0. The Bertz CT molecular complexity index is 806. The summed E-state index contributed by atoms with van der Waals surface area (Å²) in [6.45, 7) is 1.99. The van der Waals surface area contributed by atoms with Gasteiger partial charge in [-0.05, 0) is 79.9 Å². The van der Waals surface area contributed by atoms with Crippen molar-refractivity contribution in [3.63, 3.8) is 0 Å². The number of carbonyl (C=O) groups is 1. The van der Waals surface area contributed by atoms with Crippen molar-refractivity contribution < 1.29 is 4.79 Å². The van der Waals surface area contributed by atoms with E-state index >= 15 is 0 Å². The molecule has 1 aromatic carbocycles. The van der Waals surface area contributed by atoms with Gasteiger partial charge in [0.25, 0.3) is 5.91 Å². The number of fused-ring (bicyclic) bond motifs is 1. The van der Waals surface area contributed by atoms with Gasteiger partial charge in [-0.3, -0.25) is 9.79 Å². The molecule has 0 radical (unpaired) electrons. The first kappa shape index (κ1) is 16.1. The van der Waals surface area contributed by atoms with E-state index in [0.717, 1.165) is 57.2 Å². The van der Waals surface area contributed by atoms with Crippen molar-refractivity contribution in [2.75, 3.05) is 25.0 Å². The maximum atomic E-state index is 13.4. The third-order valence-corrected chi connectivity index (χ3v) is 6.46. The van der Waals surface area contributed by atoms with Crippen LogP contribution in [0.3, 0.4) is 0 Å². The second-order valence-corrected chi connectivity index (χ2v) is 8.31. The van der Waals surface area contributed by atoms with Crippen LogP contribution < -0.4 is 4.90 Å². The van der Waals surface area contributed by atoms with Crippen LogP contribution in [0.5, 0.6) is 0 Å². The molecule has 0 N–H and O–H groups in total. The van der Waals surface area contributed by atoms with Crippen molar-refractivity contribution in [1.29, 1.82) is 0 Å². The molecule has 4 heteroatoms. The lowest BCUT2D eigenvalue weighted by molar-refractivity contribution is 0.0645. The summed E-state index contributed by atoms with van der Waals surface area (Å²) in [6, 6.07) is 7.15. The zero-order valence-electron chi connectivity index (χ0n) is 15.6. The molecule has 1 amide bonds. The lowest BCUT2D eigenvalue weighted by atomic mass is 9.88. The lowest BCUT2D eigenvalue weighted by Gasteiger charge is -2.35. The van der Waals surface area contributed by atoms with Crippen molar-refractivity contribution in [3.8, 4) is 0 Å². The molecule has 2 aliphatic carbocycles. The first-order valence-electron chi connectivity index (χ1n) is 10.1. The molecule has 0 saturated heterocycles. The molecule has 136 valence electrons. The molecule has 1 fully saturated rings. The van der Waals surface area contributed by atoms with Gasteiger partial charge >= 0.3 is 0 Å². The largest absolute Gasteiger partial charge is 0.374 e. The summed E-state index contributed by atoms with van der Waals surface area (Å²) in [6.07, 6.45) is 9.82. The molecular weight excluding hydrogens is 322 g/mol. The van der Waals surface area contributed by atoms with Gasteiger partial charge < -0.3 is 9.80 Å². The quantitative estimate of drug-likeness (QED) is 0.836. The molecule has 0 spiro atoms. The highest BCUT2D eigenvalue weighted by molar-refractivity contribution is 5.96. The highest BCUT2D eigenvalue weighted by atomic mass is 16.2. The van der Waals surface area contributed by atoms with E-state index in [9.17, 15) is 4.79 Å². The first-order chi connectivity index (χ1) is 12.7. The van der Waals surface area contributed by atoms with Gasteiger partial charge in [-0.2, -0.15) is 0 Å². The molecule has 1 aromatic rings. The molecule has 1 atom stereocenters. The minimum Gasteiger partial charge on any atom is -0.374 e. The van der Waals surface area contributed by atoms with Crippen LogP contribution >= 0.6 is 0 Å². The predicted molar refractivity (Wildman–Crippen MR) is 105 cm³/mol. The van der Waals surface area contributed by atoms with E-state index in [4.69, 9.17) is 0 Å². The Morgan fingerprint density at radius 1 is 1.19 bits per heavy atom. The van der Waals surface area contributed by atoms with E-state index in [1.165, 1.54) is 28.8 Å². The maximum absolute atomic E-state index is 13.4. The number of aliphatic imine (C=N–C) groups is 1. The Morgan fingerprint density at radius 2 is 2.08 bits per heavy atom. The number of carbonyl (C=O) groups excluding carboxylic acids is 1. The minimum atomic E-state index is 0.243. The van der Waals surface area contributed by atoms with Crippen molar-refractivity contribution >= 4 is 17.8 Å². The molecule has 4 nitrogen and oxygen atoms in total. The Hall–Kier alpha value is -2.10. The van der Waals surface area contributed by atoms with E-state index < -0.39 is 0 Å². The van der Waals surface area contributed by atoms with Gasteiger partial charge in [0.05, 0.1) is 6.54 Å². The average molecular weight is 349 g/mol. The molecule has 2 heterocycles. The Kier molecular flexibility index (Phi) is 3.87. The topological polar surface area (TPSA) is 35.9 Å². The number of hydrogen-bond donors (Lipinski definition) is 0. The number of anilines is 1. The molecule has 2 aliphatic heterocycles. The third kappa shape index (κ3) is 2.76. The third-order valence-electron chi connectivity index (χ3n) is 6.46. The fraction of sp³-hybridized carbons (Fsp3) is 0.545. The minimum absolute atomic E-state index is 0.243. The standard InChI is InChI=1S/C22H27N3O/c1-24-10-2-3-15-11-16(5-9-21(15)24)22(26)25(19-7-8-19)20-6-4-17-13-23-14-18(17)12-20/h5,9,11,14,19-20H,2-4,6-8,10,12-13H2,1H3. The van der Waals surface area contributed by atoms with Crippen LogP contribution in [0.25, 0.3) is 0 Å². The summed E-state index contributed by atoms with van der Waals surface area (Å²) in [5.74, 6) is 0.243. The van der Waals surface area contributed by atoms with Gasteiger partial charge in [0, 0.05) is 43.1 Å². The maximum Gasteiger partial charge on any atom is 0.254 e. The summed E-state index contributed by atoms with van der Waals surface area (Å²) in [4.78, 5) is 22.4. The highest BCUT2D eigenvalue weighted by Crippen LogP contribution is 2.38. The predicted octanol–water partition coefficient (Wildman–Crippen LogP) is 3.61. The summed E-state index contributed by atoms with van der Waals surface area (Å²) in [5.41, 5.74) is 6.40. The van der Waals surface area contributed by atoms with Crippen molar-refractivity contribution in [1.82, 2.24) is 4.90 Å². The molecule has 26 heavy (non-hydrogen) atoms. The summed E-state index contributed by atoms with van der Waals surface area (Å²) in [7, 11) is 2.15. The monoisotopic (exact) mass is 349 g/mol. The number of aryl methyl sites for hydroxylation is 1. The lowest BCUT2D eigenvalue weighted by Crippen LogP contribution is -2.43. The zero-order valence-corrected chi connectivity index (χ0v) is 15.6. The first-order valence-corrected chi connectivity index (χ1v) is 10.1. The number of rotatable bonds is 3. The van der Waals surface area contributed by atoms with E-state index in [1.54, 1.807) is 0 Å². The average Bonchev–Trinajstić information content (AvgIpc) is 3.37. The molecule has 0 bridgehead atoms. The summed E-state index contributed by atoms with van der Waals surface area (Å²) < 4.78 is 0. The van der Waals surface area contributed by atoms with Crippen molar-refractivity contribution in [2.24, 2.45) is 4.99 Å². The number of hydrogen-bond acceptors (Lipinski definition) is 3. The van der Waals surface area contributed by atoms with Gasteiger partial charge in [0.15, 0.2) is 0 Å². The van der Waals surface area contributed by atoms with Crippen molar-refractivity contribution in [3.05, 3.63) is 40.5 Å². The Labute approximate surface area is 155 Å². The van der Waals surface area contributed by atoms with Crippen molar-refractivity contribution in [2.45, 2.75) is 57.0 Å². The number of nitrogens with zero attached hydrogens (tertiary/aromatic N) is 3. The normalized spacial score (nSPS) is 24.5. The number of benzene rings is 1. The van der Waals surface area contributed by atoms with Gasteiger partial charge in [0.1, 0.15) is 0 Å². The van der Waals surface area contributed by atoms with Gasteiger partial charge in [0.2, 0.25) is 0 Å². The molecule has 1 unspecified atom stereocenters. The van der Waals surface area contributed by atoms with Crippen LogP contribution in [-0.4, -0.2) is 49.2 Å². The number of amides is 1. The van der Waals surface area contributed by atoms with Crippen LogP contribution in [0.15, 0.2) is 34.3 Å². The zero-order chi connectivity index (χ0) is 17.7. The van der Waals surface area contributed by atoms with Crippen LogP contribution in [0, 0.1) is 0 Å². The van der Waals surface area contributed by atoms with E-state index in [0.29, 0.717) is 12.1 Å². The van der Waals surface area contributed by atoms with E-state index in [1.807, 2.05) is 12.3 Å². The fourth-order valence-corrected chi connectivity index (χ4v) is 4.88. The van der Waals surface area contributed by atoms with Gasteiger partial charge in [-0.15, -0.1) is 0 Å². The summed E-state index contributed by atoms with van der Waals surface area (Å²) >= 11 is 0. The van der Waals surface area contributed by atoms with E-state index in [-0.39, 0.29) is 5.91 Å². The Balaban J connectivity index is 1.41. The van der Waals surface area contributed by atoms with Crippen LogP contribution in [-0.2, 0) is 6.42 Å². The Morgan fingerprint density at radius 3 is 2.92 bits per heavy atom. The molecule has 1 saturated carbocycles. The van der Waals surface area contributed by atoms with Crippen LogP contribution in [0.2, 0.25) is 0 Å². The molecule has 5 rings (SSSR count). The van der Waals surface area contributed by atoms with Gasteiger partial charge in [-0.25, -0.2) is 0 Å². The fourth-order valence-electron chi connectivity index (χ4n) is 4.88. The molecular formula is C22H27N3O. The van der Waals surface area contributed by atoms with E-state index in [2.05, 4.69) is 34.0 Å². The molecule has 0 aromatic heterocycles. The SMILES string of the molecule is CN1CCCc2cc(C(=O)N(C3CC3)C3CCC4=C(C=NC4)C3)ccc21. The second kappa shape index (κ2) is 6.26. The van der Waals surface area contributed by atoms with Crippen LogP contribution in [0.4, 0.5) is 5.69 Å². The molecule has 4 aliphatic rings.